The molecule has 0 unspecified atom stereocenters. The number of carbonyl (C=O) groups excluding carboxylic acids is 1. The second kappa shape index (κ2) is 8.76. The lowest BCUT2D eigenvalue weighted by Crippen LogP contribution is -2.51. The third-order valence-electron chi connectivity index (χ3n) is 4.70. The zero-order valence-electron chi connectivity index (χ0n) is 14.6. The van der Waals surface area contributed by atoms with E-state index in [1.54, 1.807) is 29.2 Å². The maximum absolute atomic E-state index is 13.7. The molecule has 2 amide bonds. The number of carbonyl (C=O) groups is 1. The van der Waals surface area contributed by atoms with Crippen molar-refractivity contribution in [2.45, 2.75) is 13.0 Å². The number of benzene rings is 2. The van der Waals surface area contributed by atoms with Crippen molar-refractivity contribution in [1.82, 2.24) is 15.1 Å². The summed E-state index contributed by atoms with van der Waals surface area (Å²) in [6, 6.07) is 13.1. The van der Waals surface area contributed by atoms with Crippen molar-refractivity contribution < 1.29 is 13.6 Å². The first-order valence-electron chi connectivity index (χ1n) is 8.85. The minimum Gasteiger partial charge on any atom is -0.334 e. The fourth-order valence-electron chi connectivity index (χ4n) is 3.08. The molecule has 1 heterocycles. The van der Waals surface area contributed by atoms with E-state index in [0.717, 1.165) is 25.2 Å². The Morgan fingerprint density at radius 1 is 0.885 bits per heavy atom. The van der Waals surface area contributed by atoms with Crippen LogP contribution in [0.5, 0.6) is 0 Å². The summed E-state index contributed by atoms with van der Waals surface area (Å²) in [6.07, 6.45) is 0.659. The van der Waals surface area contributed by atoms with Crippen LogP contribution >= 0.6 is 0 Å². The summed E-state index contributed by atoms with van der Waals surface area (Å²) in [5.74, 6) is -0.482. The standard InChI is InChI=1S/C20H23F2N3O/c21-18-7-3-1-5-16(18)9-10-24-11-13-25(14-12-24)20(26)23-15-17-6-2-4-8-19(17)22/h1-8H,9-15H2,(H,23,26). The lowest BCUT2D eigenvalue weighted by Gasteiger charge is -2.34. The summed E-state index contributed by atoms with van der Waals surface area (Å²) < 4.78 is 27.2. The predicted octanol–water partition coefficient (Wildman–Crippen LogP) is 3.03. The molecular formula is C20H23F2N3O. The summed E-state index contributed by atoms with van der Waals surface area (Å²) in [6.45, 7) is 3.68. The van der Waals surface area contributed by atoms with Gasteiger partial charge in [-0.3, -0.25) is 4.90 Å². The van der Waals surface area contributed by atoms with Crippen molar-refractivity contribution in [3.05, 3.63) is 71.3 Å². The smallest absolute Gasteiger partial charge is 0.317 e. The molecule has 6 heteroatoms. The van der Waals surface area contributed by atoms with Crippen LogP contribution in [0.25, 0.3) is 0 Å². The van der Waals surface area contributed by atoms with E-state index in [1.807, 2.05) is 12.1 Å². The molecule has 26 heavy (non-hydrogen) atoms. The third kappa shape index (κ3) is 4.79. The molecule has 3 rings (SSSR count). The number of piperazine rings is 1. The van der Waals surface area contributed by atoms with Crippen LogP contribution in [0.1, 0.15) is 11.1 Å². The normalized spacial score (nSPS) is 15.1. The number of hydrogen-bond donors (Lipinski definition) is 1. The predicted molar refractivity (Wildman–Crippen MR) is 96.8 cm³/mol. The van der Waals surface area contributed by atoms with Crippen LogP contribution in [0, 0.1) is 11.6 Å². The number of hydrogen-bond acceptors (Lipinski definition) is 2. The van der Waals surface area contributed by atoms with Crippen LogP contribution in [0.15, 0.2) is 48.5 Å². The summed E-state index contributed by atoms with van der Waals surface area (Å²) in [7, 11) is 0. The summed E-state index contributed by atoms with van der Waals surface area (Å²) in [5.41, 5.74) is 1.20. The molecule has 0 spiro atoms. The molecule has 0 aromatic heterocycles. The van der Waals surface area contributed by atoms with Crippen LogP contribution in [-0.2, 0) is 13.0 Å². The second-order valence-electron chi connectivity index (χ2n) is 6.42. The van der Waals surface area contributed by atoms with Gasteiger partial charge in [-0.05, 0) is 24.1 Å². The zero-order valence-corrected chi connectivity index (χ0v) is 14.6. The van der Waals surface area contributed by atoms with Gasteiger partial charge in [0.1, 0.15) is 11.6 Å². The van der Waals surface area contributed by atoms with Gasteiger partial charge in [0.25, 0.3) is 0 Å². The molecule has 1 aliphatic rings. The van der Waals surface area contributed by atoms with Crippen molar-refractivity contribution in [3.63, 3.8) is 0 Å². The molecule has 0 radical (unpaired) electrons. The molecule has 0 saturated carbocycles. The highest BCUT2D eigenvalue weighted by Crippen LogP contribution is 2.10. The topological polar surface area (TPSA) is 35.6 Å². The van der Waals surface area contributed by atoms with Gasteiger partial charge in [0.05, 0.1) is 0 Å². The molecule has 1 N–H and O–H groups in total. The van der Waals surface area contributed by atoms with Gasteiger partial charge in [-0.15, -0.1) is 0 Å². The Balaban J connectivity index is 1.41. The van der Waals surface area contributed by atoms with Gasteiger partial charge >= 0.3 is 6.03 Å². The molecule has 0 atom stereocenters. The summed E-state index contributed by atoms with van der Waals surface area (Å²) in [4.78, 5) is 16.2. The zero-order chi connectivity index (χ0) is 18.4. The van der Waals surface area contributed by atoms with Gasteiger partial charge in [0.2, 0.25) is 0 Å². The second-order valence-corrected chi connectivity index (χ2v) is 6.42. The highest BCUT2D eigenvalue weighted by molar-refractivity contribution is 5.74. The highest BCUT2D eigenvalue weighted by atomic mass is 19.1. The number of rotatable bonds is 5. The van der Waals surface area contributed by atoms with Crippen LogP contribution in [0.3, 0.4) is 0 Å². The van der Waals surface area contributed by atoms with E-state index < -0.39 is 0 Å². The van der Waals surface area contributed by atoms with E-state index >= 15 is 0 Å². The molecule has 1 saturated heterocycles. The minimum atomic E-state index is -0.314. The number of nitrogens with one attached hydrogen (secondary N) is 1. The van der Waals surface area contributed by atoms with E-state index in [1.165, 1.54) is 12.1 Å². The van der Waals surface area contributed by atoms with Crippen LogP contribution < -0.4 is 5.32 Å². The van der Waals surface area contributed by atoms with Gasteiger partial charge in [-0.2, -0.15) is 0 Å². The van der Waals surface area contributed by atoms with Crippen molar-refractivity contribution in [2.75, 3.05) is 32.7 Å². The fourth-order valence-corrected chi connectivity index (χ4v) is 3.08. The monoisotopic (exact) mass is 359 g/mol. The van der Waals surface area contributed by atoms with Gasteiger partial charge in [-0.25, -0.2) is 13.6 Å². The van der Waals surface area contributed by atoms with Crippen LogP contribution in [0.2, 0.25) is 0 Å². The summed E-state index contributed by atoms with van der Waals surface area (Å²) in [5, 5.41) is 2.77. The average molecular weight is 359 g/mol. The fraction of sp³-hybridized carbons (Fsp3) is 0.350. The highest BCUT2D eigenvalue weighted by Gasteiger charge is 2.21. The first kappa shape index (κ1) is 18.3. The SMILES string of the molecule is O=C(NCc1ccccc1F)N1CCN(CCc2ccccc2F)CC1. The molecular weight excluding hydrogens is 336 g/mol. The van der Waals surface area contributed by atoms with Crippen molar-refractivity contribution in [3.8, 4) is 0 Å². The Bertz CT molecular complexity index is 745. The first-order valence-corrected chi connectivity index (χ1v) is 8.85. The Hall–Kier alpha value is -2.47. The van der Waals surface area contributed by atoms with Crippen molar-refractivity contribution in [1.29, 1.82) is 0 Å². The van der Waals surface area contributed by atoms with E-state index in [4.69, 9.17) is 0 Å². The summed E-state index contributed by atoms with van der Waals surface area (Å²) >= 11 is 0. The molecule has 2 aromatic rings. The first-order chi connectivity index (χ1) is 12.6. The Labute approximate surface area is 152 Å². The van der Waals surface area contributed by atoms with E-state index in [9.17, 15) is 13.6 Å². The maximum atomic E-state index is 13.7. The van der Waals surface area contributed by atoms with Crippen molar-refractivity contribution in [2.24, 2.45) is 0 Å². The van der Waals surface area contributed by atoms with Gasteiger partial charge in [0.15, 0.2) is 0 Å². The Morgan fingerprint density at radius 2 is 1.46 bits per heavy atom. The number of amides is 2. The van der Waals surface area contributed by atoms with Crippen LogP contribution in [-0.4, -0.2) is 48.6 Å². The quantitative estimate of drug-likeness (QED) is 0.891. The Morgan fingerprint density at radius 3 is 2.08 bits per heavy atom. The number of urea groups is 1. The average Bonchev–Trinajstić information content (AvgIpc) is 2.67. The third-order valence-corrected chi connectivity index (χ3v) is 4.70. The molecule has 4 nitrogen and oxygen atoms in total. The number of nitrogens with zero attached hydrogens (tertiary/aromatic N) is 2. The van der Waals surface area contributed by atoms with Gasteiger partial charge in [-0.1, -0.05) is 36.4 Å². The van der Waals surface area contributed by atoms with E-state index in [0.29, 0.717) is 25.1 Å². The molecule has 1 fully saturated rings. The molecule has 138 valence electrons. The van der Waals surface area contributed by atoms with E-state index in [-0.39, 0.29) is 24.2 Å². The number of halogens is 2. The largest absolute Gasteiger partial charge is 0.334 e. The van der Waals surface area contributed by atoms with Crippen LogP contribution in [0.4, 0.5) is 13.6 Å². The Kier molecular flexibility index (Phi) is 6.17. The lowest BCUT2D eigenvalue weighted by molar-refractivity contribution is 0.139. The van der Waals surface area contributed by atoms with Gasteiger partial charge < -0.3 is 10.2 Å². The lowest BCUT2D eigenvalue weighted by atomic mass is 10.1. The molecule has 2 aromatic carbocycles. The minimum absolute atomic E-state index is 0.168. The van der Waals surface area contributed by atoms with Gasteiger partial charge in [0, 0.05) is 44.8 Å². The molecule has 0 aliphatic carbocycles. The van der Waals surface area contributed by atoms with Crippen molar-refractivity contribution >= 4 is 6.03 Å². The maximum Gasteiger partial charge on any atom is 0.317 e. The molecule has 1 aliphatic heterocycles. The van der Waals surface area contributed by atoms with E-state index in [2.05, 4.69) is 10.2 Å². The molecule has 0 bridgehead atoms.